The number of nitrogens with one attached hydrogen (secondary N) is 1. The third kappa shape index (κ3) is 4.28. The highest BCUT2D eigenvalue weighted by Crippen LogP contribution is 2.18. The lowest BCUT2D eigenvalue weighted by Gasteiger charge is -2.33. The minimum absolute atomic E-state index is 0.130. The Morgan fingerprint density at radius 3 is 2.72 bits per heavy atom. The fourth-order valence-corrected chi connectivity index (χ4v) is 2.92. The molecular weight excluding hydrogens is 316 g/mol. The Hall–Kier alpha value is -2.60. The van der Waals surface area contributed by atoms with E-state index in [9.17, 15) is 4.79 Å². The van der Waals surface area contributed by atoms with Gasteiger partial charge in [0.1, 0.15) is 5.75 Å². The van der Waals surface area contributed by atoms with Crippen LogP contribution in [0.2, 0.25) is 0 Å². The maximum atomic E-state index is 12.5. The zero-order valence-corrected chi connectivity index (χ0v) is 14.7. The smallest absolute Gasteiger partial charge is 0.253 e. The summed E-state index contributed by atoms with van der Waals surface area (Å²) in [6.45, 7) is 4.35. The molecule has 1 aromatic heterocycles. The van der Waals surface area contributed by atoms with Crippen LogP contribution in [0, 0.1) is 0 Å². The van der Waals surface area contributed by atoms with E-state index in [4.69, 9.17) is 4.74 Å². The van der Waals surface area contributed by atoms with Crippen molar-refractivity contribution >= 4 is 11.6 Å². The SMILES string of the molecule is COc1ccccc1CNC(=O)c1cncc(N2CCN(C)CC2)c1. The van der Waals surface area contributed by atoms with Crippen molar-refractivity contribution in [2.24, 2.45) is 0 Å². The summed E-state index contributed by atoms with van der Waals surface area (Å²) in [4.78, 5) is 21.3. The molecule has 3 rings (SSSR count). The van der Waals surface area contributed by atoms with Crippen molar-refractivity contribution in [1.82, 2.24) is 15.2 Å². The number of hydrogen-bond donors (Lipinski definition) is 1. The summed E-state index contributed by atoms with van der Waals surface area (Å²) in [5.74, 6) is 0.640. The van der Waals surface area contributed by atoms with E-state index in [1.165, 1.54) is 0 Å². The summed E-state index contributed by atoms with van der Waals surface area (Å²) in [5, 5.41) is 2.94. The minimum atomic E-state index is -0.130. The molecule has 0 unspecified atom stereocenters. The predicted molar refractivity (Wildman–Crippen MR) is 98.1 cm³/mol. The monoisotopic (exact) mass is 340 g/mol. The van der Waals surface area contributed by atoms with Crippen LogP contribution in [-0.2, 0) is 6.54 Å². The first-order chi connectivity index (χ1) is 12.2. The highest BCUT2D eigenvalue weighted by Gasteiger charge is 2.16. The zero-order chi connectivity index (χ0) is 17.6. The van der Waals surface area contributed by atoms with Crippen molar-refractivity contribution in [1.29, 1.82) is 0 Å². The molecule has 1 N–H and O–H groups in total. The van der Waals surface area contributed by atoms with Crippen LogP contribution >= 0.6 is 0 Å². The van der Waals surface area contributed by atoms with Gasteiger partial charge in [0.15, 0.2) is 0 Å². The van der Waals surface area contributed by atoms with E-state index in [2.05, 4.69) is 27.1 Å². The number of nitrogens with zero attached hydrogens (tertiary/aromatic N) is 3. The van der Waals surface area contributed by atoms with E-state index in [1.807, 2.05) is 36.5 Å². The molecule has 1 aliphatic rings. The second kappa shape index (κ2) is 7.98. The Labute approximate surface area is 148 Å². The van der Waals surface area contributed by atoms with Crippen LogP contribution in [-0.4, -0.2) is 56.1 Å². The van der Waals surface area contributed by atoms with Crippen LogP contribution in [0.25, 0.3) is 0 Å². The van der Waals surface area contributed by atoms with Gasteiger partial charge < -0.3 is 19.9 Å². The standard InChI is InChI=1S/C19H24N4O2/c1-22-7-9-23(10-8-22)17-11-16(12-20-14-17)19(24)21-13-15-5-3-4-6-18(15)25-2/h3-6,11-12,14H,7-10,13H2,1-2H3,(H,21,24). The minimum Gasteiger partial charge on any atom is -0.496 e. The third-order valence-corrected chi connectivity index (χ3v) is 4.49. The lowest BCUT2D eigenvalue weighted by atomic mass is 10.2. The van der Waals surface area contributed by atoms with Crippen molar-refractivity contribution in [3.8, 4) is 5.75 Å². The number of benzene rings is 1. The number of carbonyl (C=O) groups excluding carboxylic acids is 1. The van der Waals surface area contributed by atoms with Crippen molar-refractivity contribution in [3.05, 3.63) is 53.9 Å². The van der Waals surface area contributed by atoms with Crippen LogP contribution in [0.15, 0.2) is 42.7 Å². The van der Waals surface area contributed by atoms with Gasteiger partial charge in [-0.25, -0.2) is 0 Å². The van der Waals surface area contributed by atoms with Crippen molar-refractivity contribution < 1.29 is 9.53 Å². The Bertz CT molecular complexity index is 727. The number of para-hydroxylation sites is 1. The number of hydrogen-bond acceptors (Lipinski definition) is 5. The van der Waals surface area contributed by atoms with Crippen molar-refractivity contribution in [2.45, 2.75) is 6.54 Å². The first kappa shape index (κ1) is 17.2. The first-order valence-corrected chi connectivity index (χ1v) is 8.46. The second-order valence-corrected chi connectivity index (χ2v) is 6.22. The highest BCUT2D eigenvalue weighted by atomic mass is 16.5. The molecule has 0 saturated carbocycles. The Morgan fingerprint density at radius 2 is 1.96 bits per heavy atom. The number of rotatable bonds is 5. The molecule has 0 spiro atoms. The summed E-state index contributed by atoms with van der Waals surface area (Å²) in [6.07, 6.45) is 3.43. The van der Waals surface area contributed by atoms with Gasteiger partial charge in [-0.3, -0.25) is 9.78 Å². The van der Waals surface area contributed by atoms with Gasteiger partial charge in [-0.15, -0.1) is 0 Å². The molecule has 1 aliphatic heterocycles. The molecule has 2 heterocycles. The highest BCUT2D eigenvalue weighted by molar-refractivity contribution is 5.94. The maximum absolute atomic E-state index is 12.5. The Balaban J connectivity index is 1.65. The van der Waals surface area contributed by atoms with Crippen molar-refractivity contribution in [2.75, 3.05) is 45.2 Å². The van der Waals surface area contributed by atoms with Crippen LogP contribution in [0.3, 0.4) is 0 Å². The van der Waals surface area contributed by atoms with Gasteiger partial charge in [0.05, 0.1) is 24.6 Å². The molecule has 0 bridgehead atoms. The second-order valence-electron chi connectivity index (χ2n) is 6.22. The van der Waals surface area contributed by atoms with E-state index >= 15 is 0 Å². The number of amides is 1. The molecule has 0 aliphatic carbocycles. The molecule has 0 radical (unpaired) electrons. The summed E-state index contributed by atoms with van der Waals surface area (Å²) in [5.41, 5.74) is 2.52. The average molecular weight is 340 g/mol. The lowest BCUT2D eigenvalue weighted by molar-refractivity contribution is 0.0950. The van der Waals surface area contributed by atoms with E-state index < -0.39 is 0 Å². The number of methoxy groups -OCH3 is 1. The summed E-state index contributed by atoms with van der Waals surface area (Å²) < 4.78 is 5.32. The fraction of sp³-hybridized carbons (Fsp3) is 0.368. The molecule has 0 atom stereocenters. The van der Waals surface area contributed by atoms with E-state index in [1.54, 1.807) is 13.3 Å². The first-order valence-electron chi connectivity index (χ1n) is 8.46. The van der Waals surface area contributed by atoms with E-state index in [0.29, 0.717) is 12.1 Å². The summed E-state index contributed by atoms with van der Waals surface area (Å²) >= 11 is 0. The largest absolute Gasteiger partial charge is 0.496 e. The summed E-state index contributed by atoms with van der Waals surface area (Å²) in [7, 11) is 3.75. The normalized spacial score (nSPS) is 15.0. The molecule has 2 aromatic rings. The summed E-state index contributed by atoms with van der Waals surface area (Å²) in [6, 6.07) is 9.58. The zero-order valence-electron chi connectivity index (χ0n) is 14.7. The van der Waals surface area contributed by atoms with Gasteiger partial charge in [0.2, 0.25) is 0 Å². The van der Waals surface area contributed by atoms with Crippen LogP contribution in [0.1, 0.15) is 15.9 Å². The topological polar surface area (TPSA) is 57.7 Å². The van der Waals surface area contributed by atoms with Gasteiger partial charge in [0, 0.05) is 44.5 Å². The molecule has 1 amide bonds. The fourth-order valence-electron chi connectivity index (χ4n) is 2.92. The number of anilines is 1. The number of likely N-dealkylation sites (N-methyl/N-ethyl adjacent to an activating group) is 1. The van der Waals surface area contributed by atoms with Crippen molar-refractivity contribution in [3.63, 3.8) is 0 Å². The van der Waals surface area contributed by atoms with Crippen LogP contribution in [0.4, 0.5) is 5.69 Å². The lowest BCUT2D eigenvalue weighted by Crippen LogP contribution is -2.44. The number of ether oxygens (including phenoxy) is 1. The van der Waals surface area contributed by atoms with Gasteiger partial charge in [-0.1, -0.05) is 18.2 Å². The molecular formula is C19H24N4O2. The Kier molecular flexibility index (Phi) is 5.50. The molecule has 132 valence electrons. The average Bonchev–Trinajstić information content (AvgIpc) is 2.67. The number of piperazine rings is 1. The number of carbonyl (C=O) groups is 1. The van der Waals surface area contributed by atoms with Gasteiger partial charge in [-0.05, 0) is 19.2 Å². The molecule has 1 aromatic carbocycles. The quantitative estimate of drug-likeness (QED) is 0.899. The van der Waals surface area contributed by atoms with Crippen LogP contribution < -0.4 is 15.0 Å². The van der Waals surface area contributed by atoms with Gasteiger partial charge in [-0.2, -0.15) is 0 Å². The van der Waals surface area contributed by atoms with E-state index in [0.717, 1.165) is 43.2 Å². The molecule has 1 saturated heterocycles. The third-order valence-electron chi connectivity index (χ3n) is 4.49. The molecule has 25 heavy (non-hydrogen) atoms. The van der Waals surface area contributed by atoms with Gasteiger partial charge in [0.25, 0.3) is 5.91 Å². The molecule has 6 heteroatoms. The number of aromatic nitrogens is 1. The maximum Gasteiger partial charge on any atom is 0.253 e. The predicted octanol–water partition coefficient (Wildman–Crippen LogP) is 1.77. The molecule has 1 fully saturated rings. The van der Waals surface area contributed by atoms with Crippen LogP contribution in [0.5, 0.6) is 5.75 Å². The Morgan fingerprint density at radius 1 is 1.20 bits per heavy atom. The number of pyridine rings is 1. The van der Waals surface area contributed by atoms with Gasteiger partial charge >= 0.3 is 0 Å². The van der Waals surface area contributed by atoms with E-state index in [-0.39, 0.29) is 5.91 Å². The molecule has 6 nitrogen and oxygen atoms in total.